The molecule has 4 rings (SSSR count). The van der Waals surface area contributed by atoms with Crippen molar-refractivity contribution < 1.29 is 18.9 Å². The van der Waals surface area contributed by atoms with E-state index in [-0.39, 0.29) is 11.4 Å². The Kier molecular flexibility index (Phi) is 6.27. The van der Waals surface area contributed by atoms with Gasteiger partial charge in [0, 0.05) is 22.0 Å². The van der Waals surface area contributed by atoms with E-state index in [2.05, 4.69) is 26.5 Å². The van der Waals surface area contributed by atoms with Crippen LogP contribution in [0.3, 0.4) is 0 Å². The third kappa shape index (κ3) is 5.19. The first kappa shape index (κ1) is 21.3. The number of fused-ring (bicyclic) bond motifs is 1. The van der Waals surface area contributed by atoms with Gasteiger partial charge in [0.15, 0.2) is 5.76 Å². The molecule has 1 N–H and O–H groups in total. The second kappa shape index (κ2) is 9.44. The van der Waals surface area contributed by atoms with Gasteiger partial charge in [0.1, 0.15) is 17.9 Å². The van der Waals surface area contributed by atoms with Gasteiger partial charge in [0.25, 0.3) is 5.69 Å². The summed E-state index contributed by atoms with van der Waals surface area (Å²) < 4.78 is 12.2. The van der Waals surface area contributed by atoms with Gasteiger partial charge in [0.05, 0.1) is 11.1 Å². The van der Waals surface area contributed by atoms with Crippen molar-refractivity contribution in [3.8, 4) is 5.75 Å². The molecule has 0 unspecified atom stereocenters. The van der Waals surface area contributed by atoms with E-state index in [4.69, 9.17) is 9.15 Å². The van der Waals surface area contributed by atoms with Crippen LogP contribution in [0.1, 0.15) is 21.7 Å². The summed E-state index contributed by atoms with van der Waals surface area (Å²) >= 11 is 3.40. The van der Waals surface area contributed by atoms with Crippen molar-refractivity contribution >= 4 is 44.7 Å². The molecule has 0 bridgehead atoms. The molecule has 0 aliphatic heterocycles. The molecule has 0 saturated heterocycles. The van der Waals surface area contributed by atoms with Crippen LogP contribution >= 0.6 is 15.9 Å². The lowest BCUT2D eigenvalue weighted by Crippen LogP contribution is -2.16. The van der Waals surface area contributed by atoms with E-state index < -0.39 is 10.8 Å². The number of benzene rings is 3. The number of carbonyl (C=O) groups excluding carboxylic acids is 1. The number of non-ortho nitro benzene ring substituents is 1. The van der Waals surface area contributed by atoms with Crippen molar-refractivity contribution in [1.29, 1.82) is 0 Å². The first-order valence-electron chi connectivity index (χ1n) is 9.47. The fraction of sp³-hybridized carbons (Fsp3) is 0.0435. The number of carbonyl (C=O) groups is 1. The van der Waals surface area contributed by atoms with E-state index in [9.17, 15) is 14.9 Å². The molecular formula is C23H16BrN3O5. The number of amides is 1. The molecule has 3 aromatic carbocycles. The standard InChI is InChI=1S/C23H16BrN3O5/c24-18-5-1-16(2-6-18)14-31-20-8-3-15(4-9-20)13-25-26-23(28)22-12-17-11-19(27(29)30)7-10-21(17)32-22/h1-13H,14H2,(H,26,28)/b25-13+. The number of nitrogens with one attached hydrogen (secondary N) is 1. The molecule has 0 fully saturated rings. The summed E-state index contributed by atoms with van der Waals surface area (Å²) in [6.45, 7) is 0.456. The molecule has 1 amide bonds. The predicted octanol–water partition coefficient (Wildman–Crippen LogP) is 5.45. The Hall–Kier alpha value is -3.98. The van der Waals surface area contributed by atoms with Crippen LogP contribution in [0.4, 0.5) is 5.69 Å². The molecule has 0 atom stereocenters. The summed E-state index contributed by atoms with van der Waals surface area (Å²) in [6.07, 6.45) is 1.49. The van der Waals surface area contributed by atoms with E-state index >= 15 is 0 Å². The minimum Gasteiger partial charge on any atom is -0.489 e. The van der Waals surface area contributed by atoms with Crippen molar-refractivity contribution in [2.45, 2.75) is 6.61 Å². The Bertz CT molecular complexity index is 1300. The number of hydrazone groups is 1. The SMILES string of the molecule is O=C(N/N=C/c1ccc(OCc2ccc(Br)cc2)cc1)c1cc2cc([N+](=O)[O-])ccc2o1. The van der Waals surface area contributed by atoms with Crippen LogP contribution in [0.25, 0.3) is 11.0 Å². The Balaban J connectivity index is 1.33. The first-order chi connectivity index (χ1) is 15.5. The average molecular weight is 494 g/mol. The molecule has 9 heteroatoms. The maximum Gasteiger partial charge on any atom is 0.307 e. The molecule has 0 spiro atoms. The smallest absolute Gasteiger partial charge is 0.307 e. The normalized spacial score (nSPS) is 11.0. The zero-order valence-electron chi connectivity index (χ0n) is 16.5. The lowest BCUT2D eigenvalue weighted by atomic mass is 10.2. The number of nitro benzene ring substituents is 1. The number of rotatable bonds is 7. The van der Waals surface area contributed by atoms with Gasteiger partial charge in [0.2, 0.25) is 0 Å². The van der Waals surface area contributed by atoms with Crippen LogP contribution in [0.15, 0.2) is 86.8 Å². The number of furan rings is 1. The van der Waals surface area contributed by atoms with Gasteiger partial charge >= 0.3 is 5.91 Å². The van der Waals surface area contributed by atoms with E-state index in [1.807, 2.05) is 48.5 Å². The number of halogens is 1. The molecule has 4 aromatic rings. The lowest BCUT2D eigenvalue weighted by Gasteiger charge is -2.06. The van der Waals surface area contributed by atoms with E-state index in [1.54, 1.807) is 0 Å². The maximum absolute atomic E-state index is 12.2. The number of hydrogen-bond acceptors (Lipinski definition) is 6. The van der Waals surface area contributed by atoms with Gasteiger partial charge in [-0.1, -0.05) is 28.1 Å². The number of hydrogen-bond donors (Lipinski definition) is 1. The van der Waals surface area contributed by atoms with Crippen LogP contribution in [0.5, 0.6) is 5.75 Å². The monoisotopic (exact) mass is 493 g/mol. The third-order valence-corrected chi connectivity index (χ3v) is 5.04. The van der Waals surface area contributed by atoms with Gasteiger partial charge in [-0.05, 0) is 59.7 Å². The van der Waals surface area contributed by atoms with Crippen molar-refractivity contribution in [1.82, 2.24) is 5.43 Å². The summed E-state index contributed by atoms with van der Waals surface area (Å²) in [5.41, 5.74) is 4.50. The second-order valence-electron chi connectivity index (χ2n) is 6.77. The molecular weight excluding hydrogens is 478 g/mol. The van der Waals surface area contributed by atoms with E-state index in [0.29, 0.717) is 23.3 Å². The van der Waals surface area contributed by atoms with E-state index in [0.717, 1.165) is 15.6 Å². The van der Waals surface area contributed by atoms with Crippen LogP contribution in [0, 0.1) is 10.1 Å². The van der Waals surface area contributed by atoms with E-state index in [1.165, 1.54) is 30.5 Å². The lowest BCUT2D eigenvalue weighted by molar-refractivity contribution is -0.384. The Morgan fingerprint density at radius 1 is 1.09 bits per heavy atom. The highest BCUT2D eigenvalue weighted by molar-refractivity contribution is 9.10. The maximum atomic E-state index is 12.2. The first-order valence-corrected chi connectivity index (χ1v) is 10.3. The van der Waals surface area contributed by atoms with Crippen molar-refractivity contribution in [2.75, 3.05) is 0 Å². The van der Waals surface area contributed by atoms with Gasteiger partial charge in [-0.2, -0.15) is 5.10 Å². The average Bonchev–Trinajstić information content (AvgIpc) is 3.23. The van der Waals surface area contributed by atoms with Gasteiger partial charge in [-0.15, -0.1) is 0 Å². The highest BCUT2D eigenvalue weighted by atomic mass is 79.9. The fourth-order valence-corrected chi connectivity index (χ4v) is 3.14. The molecule has 32 heavy (non-hydrogen) atoms. The fourth-order valence-electron chi connectivity index (χ4n) is 2.87. The van der Waals surface area contributed by atoms with Crippen molar-refractivity contribution in [2.24, 2.45) is 5.10 Å². The van der Waals surface area contributed by atoms with Crippen LogP contribution in [-0.2, 0) is 6.61 Å². The van der Waals surface area contributed by atoms with Crippen LogP contribution < -0.4 is 10.2 Å². The molecule has 0 radical (unpaired) electrons. The topological polar surface area (TPSA) is 107 Å². The molecule has 1 heterocycles. The summed E-state index contributed by atoms with van der Waals surface area (Å²) in [7, 11) is 0. The largest absolute Gasteiger partial charge is 0.489 e. The Morgan fingerprint density at radius 3 is 2.56 bits per heavy atom. The predicted molar refractivity (Wildman–Crippen MR) is 123 cm³/mol. The highest BCUT2D eigenvalue weighted by Crippen LogP contribution is 2.24. The molecule has 8 nitrogen and oxygen atoms in total. The van der Waals surface area contributed by atoms with Gasteiger partial charge < -0.3 is 9.15 Å². The van der Waals surface area contributed by atoms with Crippen molar-refractivity contribution in [3.05, 3.63) is 104 Å². The minimum absolute atomic E-state index is 0.00865. The summed E-state index contributed by atoms with van der Waals surface area (Å²) in [5.74, 6) is 0.161. The Labute approximate surface area is 190 Å². The molecule has 0 saturated carbocycles. The number of nitrogens with zero attached hydrogens (tertiary/aromatic N) is 2. The number of nitro groups is 1. The molecule has 1 aromatic heterocycles. The highest BCUT2D eigenvalue weighted by Gasteiger charge is 2.14. The van der Waals surface area contributed by atoms with Gasteiger partial charge in [-0.25, -0.2) is 5.43 Å². The third-order valence-electron chi connectivity index (χ3n) is 4.51. The molecule has 160 valence electrons. The zero-order chi connectivity index (χ0) is 22.5. The minimum atomic E-state index is -0.561. The summed E-state index contributed by atoms with van der Waals surface area (Å²) in [5, 5.41) is 15.3. The van der Waals surface area contributed by atoms with Gasteiger partial charge in [-0.3, -0.25) is 14.9 Å². The second-order valence-corrected chi connectivity index (χ2v) is 7.69. The quantitative estimate of drug-likeness (QED) is 0.209. The van der Waals surface area contributed by atoms with Crippen LogP contribution in [-0.4, -0.2) is 17.0 Å². The van der Waals surface area contributed by atoms with Crippen molar-refractivity contribution in [3.63, 3.8) is 0 Å². The zero-order valence-corrected chi connectivity index (χ0v) is 18.1. The Morgan fingerprint density at radius 2 is 1.84 bits per heavy atom. The molecule has 0 aliphatic rings. The summed E-state index contributed by atoms with van der Waals surface area (Å²) in [4.78, 5) is 22.6. The summed E-state index contributed by atoms with van der Waals surface area (Å²) in [6, 6.07) is 20.7. The number of ether oxygens (including phenoxy) is 1. The van der Waals surface area contributed by atoms with Crippen LogP contribution in [0.2, 0.25) is 0 Å². The molecule has 0 aliphatic carbocycles.